The van der Waals surface area contributed by atoms with Crippen molar-refractivity contribution in [3.8, 4) is 0 Å². The Kier molecular flexibility index (Phi) is 5.47. The van der Waals surface area contributed by atoms with Gasteiger partial charge in [-0.25, -0.2) is 0 Å². The number of allylic oxidation sites excluding steroid dienone is 4. The van der Waals surface area contributed by atoms with Gasteiger partial charge in [-0.2, -0.15) is 4.99 Å². The number of aromatic nitrogens is 1. The number of methoxy groups -OCH3 is 1. The van der Waals surface area contributed by atoms with E-state index >= 15 is 0 Å². The molecule has 0 aromatic carbocycles. The number of nitrogens with two attached hydrogens (primary N) is 1. The van der Waals surface area contributed by atoms with Crippen molar-refractivity contribution in [2.75, 3.05) is 13.7 Å². The summed E-state index contributed by atoms with van der Waals surface area (Å²) in [6, 6.07) is 3.86. The lowest BCUT2D eigenvalue weighted by atomic mass is 9.79. The van der Waals surface area contributed by atoms with Crippen LogP contribution in [0, 0.1) is 11.3 Å². The van der Waals surface area contributed by atoms with Crippen molar-refractivity contribution in [2.24, 2.45) is 16.6 Å². The molecule has 4 rings (SSSR count). The largest absolute Gasteiger partial charge is 0.513 e. The van der Waals surface area contributed by atoms with Crippen LogP contribution in [-0.2, 0) is 11.3 Å². The first-order valence-corrected chi connectivity index (χ1v) is 10.3. The van der Waals surface area contributed by atoms with E-state index in [1.807, 2.05) is 29.8 Å². The molecule has 1 fully saturated rings. The van der Waals surface area contributed by atoms with E-state index in [4.69, 9.17) is 15.9 Å². The van der Waals surface area contributed by atoms with Crippen molar-refractivity contribution in [1.29, 1.82) is 5.41 Å². The van der Waals surface area contributed by atoms with Gasteiger partial charge in [0.15, 0.2) is 12.1 Å². The lowest BCUT2D eigenvalue weighted by Gasteiger charge is -2.33. The summed E-state index contributed by atoms with van der Waals surface area (Å²) in [5.41, 5.74) is 9.05. The molecule has 3 unspecified atom stereocenters. The van der Waals surface area contributed by atoms with E-state index in [2.05, 4.69) is 22.0 Å². The molecule has 0 bridgehead atoms. The lowest BCUT2D eigenvalue weighted by molar-refractivity contribution is -0.0999. The van der Waals surface area contributed by atoms with Gasteiger partial charge in [0.25, 0.3) is 0 Å². The summed E-state index contributed by atoms with van der Waals surface area (Å²) in [6.45, 7) is 4.64. The van der Waals surface area contributed by atoms with Gasteiger partial charge in [-0.05, 0) is 55.7 Å². The molecular formula is C23H29N5O3. The summed E-state index contributed by atoms with van der Waals surface area (Å²) >= 11 is 0. The normalized spacial score (nSPS) is 28.2. The molecule has 1 aromatic rings. The van der Waals surface area contributed by atoms with E-state index in [1.165, 1.54) is 7.11 Å². The molecule has 0 radical (unpaired) electrons. The van der Waals surface area contributed by atoms with Crippen LogP contribution >= 0.6 is 0 Å². The summed E-state index contributed by atoms with van der Waals surface area (Å²) in [6.07, 6.45) is 9.20. The van der Waals surface area contributed by atoms with Gasteiger partial charge in [0.05, 0.1) is 12.3 Å². The van der Waals surface area contributed by atoms with E-state index in [0.717, 1.165) is 16.8 Å². The van der Waals surface area contributed by atoms with E-state index in [0.29, 0.717) is 31.0 Å². The number of aliphatic imine (C=N–C) groups is 1. The Morgan fingerprint density at radius 2 is 2.29 bits per heavy atom. The first kappa shape index (κ1) is 21.3. The highest BCUT2D eigenvalue weighted by atomic mass is 16.6. The van der Waals surface area contributed by atoms with Crippen LogP contribution in [0.4, 0.5) is 0 Å². The van der Waals surface area contributed by atoms with Crippen LogP contribution in [-0.4, -0.2) is 57.0 Å². The quantitative estimate of drug-likeness (QED) is 0.329. The predicted octanol–water partition coefficient (Wildman–Crippen LogP) is 2.44. The highest BCUT2D eigenvalue weighted by Gasteiger charge is 2.63. The van der Waals surface area contributed by atoms with Gasteiger partial charge < -0.3 is 25.6 Å². The maximum Gasteiger partial charge on any atom is 0.213 e. The Balaban J connectivity index is 1.86. The van der Waals surface area contributed by atoms with Gasteiger partial charge in [0.2, 0.25) is 5.96 Å². The van der Waals surface area contributed by atoms with Crippen LogP contribution in [0.15, 0.2) is 70.1 Å². The average Bonchev–Trinajstić information content (AvgIpc) is 3.31. The maximum atomic E-state index is 10.3. The summed E-state index contributed by atoms with van der Waals surface area (Å²) in [5.74, 6) is 0.770. The van der Waals surface area contributed by atoms with Crippen molar-refractivity contribution in [3.05, 3.63) is 70.8 Å². The molecule has 3 aliphatic rings. The number of aliphatic hydroxyl groups is 2. The minimum atomic E-state index is -0.903. The second kappa shape index (κ2) is 7.96. The van der Waals surface area contributed by atoms with Crippen LogP contribution in [0.1, 0.15) is 26.0 Å². The zero-order chi connectivity index (χ0) is 22.3. The van der Waals surface area contributed by atoms with Crippen molar-refractivity contribution >= 4 is 11.8 Å². The molecule has 164 valence electrons. The zero-order valence-corrected chi connectivity index (χ0v) is 18.0. The number of fused-ring (bicyclic) bond motifs is 1. The van der Waals surface area contributed by atoms with Crippen LogP contribution in [0.3, 0.4) is 0 Å². The first-order valence-electron chi connectivity index (χ1n) is 10.3. The predicted molar refractivity (Wildman–Crippen MR) is 120 cm³/mol. The molecule has 8 nitrogen and oxygen atoms in total. The van der Waals surface area contributed by atoms with Crippen molar-refractivity contribution in [3.63, 3.8) is 0 Å². The van der Waals surface area contributed by atoms with Crippen molar-refractivity contribution in [1.82, 2.24) is 9.47 Å². The molecular weight excluding hydrogens is 394 g/mol. The molecule has 31 heavy (non-hydrogen) atoms. The number of nitrogens with zero attached hydrogens (tertiary/aromatic N) is 3. The fourth-order valence-corrected chi connectivity index (χ4v) is 4.51. The lowest BCUT2D eigenvalue weighted by Crippen LogP contribution is -2.40. The number of aliphatic hydroxyl groups excluding tert-OH is 2. The van der Waals surface area contributed by atoms with Crippen molar-refractivity contribution in [2.45, 2.75) is 38.6 Å². The fraction of sp³-hybridized carbons (Fsp3) is 0.391. The molecule has 2 aliphatic heterocycles. The number of hydrogen-bond donors (Lipinski definition) is 4. The number of nitrogens with one attached hydrogen (secondary N) is 1. The van der Waals surface area contributed by atoms with Gasteiger partial charge in [0.1, 0.15) is 5.54 Å². The summed E-state index contributed by atoms with van der Waals surface area (Å²) in [4.78, 5) is 6.72. The zero-order valence-electron chi connectivity index (χ0n) is 18.0. The van der Waals surface area contributed by atoms with E-state index in [1.54, 1.807) is 19.1 Å². The van der Waals surface area contributed by atoms with E-state index in [-0.39, 0.29) is 17.5 Å². The van der Waals surface area contributed by atoms with Gasteiger partial charge >= 0.3 is 0 Å². The third-order valence-electron chi connectivity index (χ3n) is 6.20. The molecule has 1 aliphatic carbocycles. The summed E-state index contributed by atoms with van der Waals surface area (Å²) in [5, 5.41) is 28.8. The topological polar surface area (TPSA) is 120 Å². The molecule has 8 heteroatoms. The third-order valence-corrected chi connectivity index (χ3v) is 6.20. The monoisotopic (exact) mass is 423 g/mol. The standard InChI is InChI=1S/C23H29N5O3/c1-14-6-8-16(21(30)31-3)11-19(14)23-13-28(23)22(27-10-4-5-17(27)12-24)26-20(25)18(23)9-7-15(2)29/h4-7,9-11,16,21,25,29-30H,8,12-13,24H2,1-3H3. The SMILES string of the molecule is COC(O)C1C=C(C23CN2C(n2cccc2CN)=NC(=N)C3=CC=C(C)O)C(C)=CC1. The second-order valence-electron chi connectivity index (χ2n) is 8.16. The molecule has 0 amide bonds. The smallest absolute Gasteiger partial charge is 0.213 e. The van der Waals surface area contributed by atoms with Crippen LogP contribution in [0.2, 0.25) is 0 Å². The molecule has 1 aromatic heterocycles. The third kappa shape index (κ3) is 3.46. The van der Waals surface area contributed by atoms with Crippen LogP contribution in [0.5, 0.6) is 0 Å². The van der Waals surface area contributed by atoms with Crippen molar-refractivity contribution < 1.29 is 14.9 Å². The molecule has 0 saturated carbocycles. The number of rotatable bonds is 5. The molecule has 1 saturated heterocycles. The van der Waals surface area contributed by atoms with E-state index in [9.17, 15) is 10.2 Å². The second-order valence-corrected chi connectivity index (χ2v) is 8.16. The first-order chi connectivity index (χ1) is 14.8. The fourth-order valence-electron chi connectivity index (χ4n) is 4.51. The Hall–Kier alpha value is -2.94. The molecule has 0 spiro atoms. The Bertz CT molecular complexity index is 1060. The minimum absolute atomic E-state index is 0.140. The Labute approximate surface area is 181 Å². The van der Waals surface area contributed by atoms with Gasteiger partial charge in [-0.3, -0.25) is 9.98 Å². The maximum absolute atomic E-state index is 10.3. The molecule has 3 heterocycles. The molecule has 5 N–H and O–H groups in total. The number of amidine groups is 1. The Morgan fingerprint density at radius 3 is 2.97 bits per heavy atom. The summed E-state index contributed by atoms with van der Waals surface area (Å²) in [7, 11) is 1.49. The van der Waals surface area contributed by atoms with Crippen LogP contribution in [0.25, 0.3) is 0 Å². The van der Waals surface area contributed by atoms with Gasteiger partial charge in [-0.1, -0.05) is 12.2 Å². The van der Waals surface area contributed by atoms with Crippen LogP contribution < -0.4 is 5.73 Å². The van der Waals surface area contributed by atoms with Gasteiger partial charge in [-0.15, -0.1) is 0 Å². The number of hydrogen-bond acceptors (Lipinski definition) is 6. The highest BCUT2D eigenvalue weighted by molar-refractivity contribution is 6.13. The molecule has 3 atom stereocenters. The van der Waals surface area contributed by atoms with E-state index < -0.39 is 11.8 Å². The van der Waals surface area contributed by atoms with Gasteiger partial charge in [0, 0.05) is 37.0 Å². The average molecular weight is 424 g/mol. The minimum Gasteiger partial charge on any atom is -0.513 e. The summed E-state index contributed by atoms with van der Waals surface area (Å²) < 4.78 is 7.09. The Morgan fingerprint density at radius 1 is 1.52 bits per heavy atom. The number of ether oxygens (including phenoxy) is 1. The highest BCUT2D eigenvalue weighted by Crippen LogP contribution is 2.52.